The Morgan fingerprint density at radius 2 is 2.00 bits per heavy atom. The van der Waals surface area contributed by atoms with E-state index in [4.69, 9.17) is 16.8 Å². The lowest BCUT2D eigenvalue weighted by Crippen LogP contribution is -2.40. The van der Waals surface area contributed by atoms with E-state index in [-0.39, 0.29) is 6.42 Å². The molecule has 2 aromatic rings. The van der Waals surface area contributed by atoms with Gasteiger partial charge in [-0.15, -0.1) is 0 Å². The highest BCUT2D eigenvalue weighted by molar-refractivity contribution is 6.33. The highest BCUT2D eigenvalue weighted by Crippen LogP contribution is 2.33. The smallest absolute Gasteiger partial charge is 0.313 e. The summed E-state index contributed by atoms with van der Waals surface area (Å²) in [6.45, 7) is 1.26. The number of aliphatic carboxylic acids is 1. The van der Waals surface area contributed by atoms with Crippen molar-refractivity contribution < 1.29 is 19.5 Å². The number of oxime groups is 1. The molecule has 0 amide bonds. The number of halogens is 2. The molecule has 126 valence electrons. The maximum absolute atomic E-state index is 14.1. The molecule has 2 unspecified atom stereocenters. The van der Waals surface area contributed by atoms with Gasteiger partial charge in [0, 0.05) is 10.6 Å². The van der Waals surface area contributed by atoms with Gasteiger partial charge in [-0.25, -0.2) is 4.39 Å². The number of rotatable bonds is 6. The van der Waals surface area contributed by atoms with E-state index >= 15 is 0 Å². The van der Waals surface area contributed by atoms with Gasteiger partial charge in [0.05, 0.1) is 6.21 Å². The van der Waals surface area contributed by atoms with Crippen LogP contribution >= 0.6 is 11.6 Å². The van der Waals surface area contributed by atoms with Crippen LogP contribution in [0, 0.1) is 5.41 Å². The number of carbonyl (C=O) groups is 1. The molecule has 0 aliphatic heterocycles. The van der Waals surface area contributed by atoms with Crippen LogP contribution in [0.5, 0.6) is 0 Å². The van der Waals surface area contributed by atoms with Gasteiger partial charge in [-0.2, -0.15) is 0 Å². The van der Waals surface area contributed by atoms with Gasteiger partial charge >= 0.3 is 5.97 Å². The molecule has 0 saturated heterocycles. The molecule has 0 heterocycles. The standard InChI is InChI=1S/C18H17ClFNO3/c1-18(17(22)23,16(20)11-21-24)10-12-7-8-14(15(19)9-12)13-5-3-2-4-6-13/h2-9,11,16,24H,10H2,1H3,(H,22,23)/b21-11+. The normalized spacial score (nSPS) is 15.1. The molecule has 0 aliphatic carbocycles. The van der Waals surface area contributed by atoms with Crippen LogP contribution in [0.3, 0.4) is 0 Å². The van der Waals surface area contributed by atoms with Crippen LogP contribution in [-0.2, 0) is 11.2 Å². The predicted octanol–water partition coefficient (Wildman–Crippen LogP) is 4.44. The first kappa shape index (κ1) is 17.9. The molecule has 4 nitrogen and oxygen atoms in total. The third-order valence-electron chi connectivity index (χ3n) is 3.98. The van der Waals surface area contributed by atoms with Crippen LogP contribution in [0.25, 0.3) is 11.1 Å². The second kappa shape index (κ2) is 7.45. The molecule has 0 aliphatic rings. The van der Waals surface area contributed by atoms with Crippen molar-refractivity contribution >= 4 is 23.8 Å². The van der Waals surface area contributed by atoms with Crippen molar-refractivity contribution in [3.63, 3.8) is 0 Å². The van der Waals surface area contributed by atoms with Crippen molar-refractivity contribution in [2.75, 3.05) is 0 Å². The molecule has 0 saturated carbocycles. The van der Waals surface area contributed by atoms with Crippen molar-refractivity contribution in [2.45, 2.75) is 19.5 Å². The SMILES string of the molecule is CC(Cc1ccc(-c2ccccc2)c(Cl)c1)(C(=O)O)C(F)/C=N/O. The summed E-state index contributed by atoms with van der Waals surface area (Å²) in [5.74, 6) is -1.32. The zero-order valence-electron chi connectivity index (χ0n) is 13.0. The highest BCUT2D eigenvalue weighted by Gasteiger charge is 2.41. The topological polar surface area (TPSA) is 69.9 Å². The monoisotopic (exact) mass is 349 g/mol. The van der Waals surface area contributed by atoms with E-state index in [1.807, 2.05) is 30.3 Å². The zero-order valence-corrected chi connectivity index (χ0v) is 13.7. The maximum atomic E-state index is 14.1. The van der Waals surface area contributed by atoms with E-state index in [2.05, 4.69) is 5.16 Å². The number of hydrogen-bond donors (Lipinski definition) is 2. The van der Waals surface area contributed by atoms with Gasteiger partial charge in [0.2, 0.25) is 0 Å². The van der Waals surface area contributed by atoms with Gasteiger partial charge in [0.15, 0.2) is 6.17 Å². The van der Waals surface area contributed by atoms with Crippen molar-refractivity contribution in [2.24, 2.45) is 10.6 Å². The largest absolute Gasteiger partial charge is 0.481 e. The van der Waals surface area contributed by atoms with Crippen LogP contribution in [0.1, 0.15) is 12.5 Å². The second-order valence-electron chi connectivity index (χ2n) is 5.75. The lowest BCUT2D eigenvalue weighted by atomic mass is 9.79. The number of alkyl halides is 1. The maximum Gasteiger partial charge on any atom is 0.313 e. The molecule has 24 heavy (non-hydrogen) atoms. The number of hydrogen-bond acceptors (Lipinski definition) is 3. The minimum Gasteiger partial charge on any atom is -0.481 e. The lowest BCUT2D eigenvalue weighted by Gasteiger charge is -2.26. The third-order valence-corrected chi connectivity index (χ3v) is 4.30. The fourth-order valence-corrected chi connectivity index (χ4v) is 2.77. The molecule has 0 aromatic heterocycles. The number of benzene rings is 2. The van der Waals surface area contributed by atoms with Gasteiger partial charge in [-0.05, 0) is 30.5 Å². The Kier molecular flexibility index (Phi) is 5.57. The van der Waals surface area contributed by atoms with Gasteiger partial charge in [0.25, 0.3) is 0 Å². The minimum absolute atomic E-state index is 0.0929. The van der Waals surface area contributed by atoms with Gasteiger partial charge in [-0.3, -0.25) is 4.79 Å². The van der Waals surface area contributed by atoms with Crippen molar-refractivity contribution in [1.29, 1.82) is 0 Å². The molecule has 0 spiro atoms. The Bertz CT molecular complexity index is 751. The summed E-state index contributed by atoms with van der Waals surface area (Å²) in [6.07, 6.45) is -1.45. The average Bonchev–Trinajstić information content (AvgIpc) is 2.55. The van der Waals surface area contributed by atoms with E-state index in [0.29, 0.717) is 16.8 Å². The quantitative estimate of drug-likeness (QED) is 0.460. The van der Waals surface area contributed by atoms with Crippen molar-refractivity contribution in [1.82, 2.24) is 0 Å². The van der Waals surface area contributed by atoms with E-state index in [9.17, 15) is 14.3 Å². The van der Waals surface area contributed by atoms with Gasteiger partial charge < -0.3 is 10.3 Å². The molecule has 2 rings (SSSR count). The summed E-state index contributed by atoms with van der Waals surface area (Å²) in [7, 11) is 0. The van der Waals surface area contributed by atoms with Gasteiger partial charge in [0.1, 0.15) is 5.41 Å². The highest BCUT2D eigenvalue weighted by atomic mass is 35.5. The molecule has 6 heteroatoms. The summed E-state index contributed by atoms with van der Waals surface area (Å²) < 4.78 is 14.1. The fourth-order valence-electron chi connectivity index (χ4n) is 2.46. The van der Waals surface area contributed by atoms with Crippen LogP contribution in [-0.4, -0.2) is 28.7 Å². The zero-order chi connectivity index (χ0) is 17.7. The molecule has 0 radical (unpaired) electrons. The molecule has 2 atom stereocenters. The Morgan fingerprint density at radius 3 is 2.54 bits per heavy atom. The second-order valence-corrected chi connectivity index (χ2v) is 6.15. The van der Waals surface area contributed by atoms with E-state index in [1.54, 1.807) is 18.2 Å². The third kappa shape index (κ3) is 3.74. The molecule has 0 fully saturated rings. The molecular formula is C18H17ClFNO3. The lowest BCUT2D eigenvalue weighted by molar-refractivity contribution is -0.150. The molecular weight excluding hydrogens is 333 g/mol. The Morgan fingerprint density at radius 1 is 1.33 bits per heavy atom. The molecule has 2 aromatic carbocycles. The summed E-state index contributed by atoms with van der Waals surface area (Å²) in [5.41, 5.74) is 0.570. The van der Waals surface area contributed by atoms with Crippen LogP contribution in [0.15, 0.2) is 53.7 Å². The molecule has 0 bridgehead atoms. The van der Waals surface area contributed by atoms with E-state index in [1.165, 1.54) is 6.92 Å². The summed E-state index contributed by atoms with van der Waals surface area (Å²) in [6, 6.07) is 14.6. The van der Waals surface area contributed by atoms with Crippen LogP contribution < -0.4 is 0 Å². The summed E-state index contributed by atoms with van der Waals surface area (Å²) in [4.78, 5) is 11.5. The summed E-state index contributed by atoms with van der Waals surface area (Å²) in [5, 5.41) is 20.9. The Hall–Kier alpha value is -2.40. The van der Waals surface area contributed by atoms with Crippen molar-refractivity contribution in [3.05, 3.63) is 59.1 Å². The van der Waals surface area contributed by atoms with E-state index in [0.717, 1.165) is 11.1 Å². The minimum atomic E-state index is -1.94. The molecule has 2 N–H and O–H groups in total. The predicted molar refractivity (Wildman–Crippen MR) is 91.5 cm³/mol. The first-order chi connectivity index (χ1) is 11.4. The average molecular weight is 350 g/mol. The Labute approximate surface area is 144 Å². The van der Waals surface area contributed by atoms with E-state index < -0.39 is 17.6 Å². The number of nitrogens with zero attached hydrogens (tertiary/aromatic N) is 1. The summed E-state index contributed by atoms with van der Waals surface area (Å²) >= 11 is 6.31. The van der Waals surface area contributed by atoms with Crippen molar-refractivity contribution in [3.8, 4) is 11.1 Å². The van der Waals surface area contributed by atoms with Gasteiger partial charge in [-0.1, -0.05) is 59.2 Å². The van der Waals surface area contributed by atoms with Crippen LogP contribution in [0.2, 0.25) is 5.02 Å². The first-order valence-corrected chi connectivity index (χ1v) is 7.65. The van der Waals surface area contributed by atoms with Crippen LogP contribution in [0.4, 0.5) is 4.39 Å². The number of carboxylic acid groups (broad SMARTS) is 1. The fraction of sp³-hybridized carbons (Fsp3) is 0.222. The first-order valence-electron chi connectivity index (χ1n) is 7.27. The number of carboxylic acids is 1. The Balaban J connectivity index is 2.33.